The zero-order valence-corrected chi connectivity index (χ0v) is 12.6. The Morgan fingerprint density at radius 1 is 1.29 bits per heavy atom. The largest absolute Gasteiger partial charge is 0.462 e. The molecule has 0 amide bonds. The molecule has 0 saturated carbocycles. The molecule has 0 radical (unpaired) electrons. The number of hydrogen-bond acceptors (Lipinski definition) is 3. The highest BCUT2D eigenvalue weighted by molar-refractivity contribution is 6.58. The van der Waals surface area contributed by atoms with Gasteiger partial charge in [-0.05, 0) is 13.3 Å². The molecule has 0 saturated heterocycles. The van der Waals surface area contributed by atoms with Gasteiger partial charge in [0.15, 0.2) is 0 Å². The summed E-state index contributed by atoms with van der Waals surface area (Å²) in [6.07, 6.45) is 4.32. The van der Waals surface area contributed by atoms with Crippen molar-refractivity contribution in [2.24, 2.45) is 0 Å². The molecular formula is C13H26O3Si. The summed E-state index contributed by atoms with van der Waals surface area (Å²) >= 11 is 0. The molecule has 0 fully saturated rings. The van der Waals surface area contributed by atoms with Crippen LogP contribution in [0.3, 0.4) is 0 Å². The summed E-state index contributed by atoms with van der Waals surface area (Å²) in [5.41, 5.74) is 0.475. The summed E-state index contributed by atoms with van der Waals surface area (Å²) in [5.74, 6) is -0.274. The van der Waals surface area contributed by atoms with Crippen molar-refractivity contribution in [2.75, 3.05) is 19.9 Å². The number of carbonyl (C=O) groups excluding carboxylic acids is 1. The highest BCUT2D eigenvalue weighted by atomic mass is 28.3. The fourth-order valence-corrected chi connectivity index (χ4v) is 4.55. The van der Waals surface area contributed by atoms with Gasteiger partial charge in [0.05, 0.1) is 15.4 Å². The van der Waals surface area contributed by atoms with E-state index < -0.39 is 8.80 Å². The lowest BCUT2D eigenvalue weighted by atomic mass is 10.3. The zero-order valence-electron chi connectivity index (χ0n) is 11.5. The molecule has 0 spiro atoms. The van der Waals surface area contributed by atoms with E-state index in [4.69, 9.17) is 9.47 Å². The van der Waals surface area contributed by atoms with E-state index in [1.807, 2.05) is 0 Å². The van der Waals surface area contributed by atoms with E-state index in [0.29, 0.717) is 12.2 Å². The first-order valence-corrected chi connectivity index (χ1v) is 8.88. The average Bonchev–Trinajstić information content (AvgIpc) is 2.28. The number of ether oxygens (including phenoxy) is 2. The Morgan fingerprint density at radius 2 is 2.00 bits per heavy atom. The number of esters is 1. The number of unbranched alkanes of at least 4 members (excludes halogenated alkanes) is 1. The molecule has 3 nitrogen and oxygen atoms in total. The molecule has 0 aromatic carbocycles. The van der Waals surface area contributed by atoms with Gasteiger partial charge in [-0.1, -0.05) is 38.4 Å². The molecule has 0 rings (SSSR count). The van der Waals surface area contributed by atoms with Crippen LogP contribution in [0.5, 0.6) is 0 Å². The van der Waals surface area contributed by atoms with Crippen molar-refractivity contribution in [3.63, 3.8) is 0 Å². The van der Waals surface area contributed by atoms with Gasteiger partial charge in [0.1, 0.15) is 0 Å². The summed E-state index contributed by atoms with van der Waals surface area (Å²) in [4.78, 5) is 11.1. The predicted molar refractivity (Wildman–Crippen MR) is 73.9 cm³/mol. The van der Waals surface area contributed by atoms with Crippen LogP contribution in [0.4, 0.5) is 0 Å². The van der Waals surface area contributed by atoms with Gasteiger partial charge in [0.25, 0.3) is 0 Å². The lowest BCUT2D eigenvalue weighted by Gasteiger charge is -2.13. The Balaban J connectivity index is 3.54. The second-order valence-corrected chi connectivity index (χ2v) is 7.74. The van der Waals surface area contributed by atoms with Crippen LogP contribution < -0.4 is 0 Å². The summed E-state index contributed by atoms with van der Waals surface area (Å²) < 4.78 is 10.3. The highest BCUT2D eigenvalue weighted by Crippen LogP contribution is 2.09. The van der Waals surface area contributed by atoms with E-state index >= 15 is 0 Å². The van der Waals surface area contributed by atoms with Gasteiger partial charge in [0.2, 0.25) is 0 Å². The SMILES string of the molecule is C=C(C)C(=O)OCCCC[SiH](CCC)COC. The van der Waals surface area contributed by atoms with Crippen molar-refractivity contribution >= 4 is 14.8 Å². The smallest absolute Gasteiger partial charge is 0.333 e. The molecule has 0 aliphatic heterocycles. The molecule has 0 aliphatic rings. The quantitative estimate of drug-likeness (QED) is 0.261. The molecular weight excluding hydrogens is 232 g/mol. The third-order valence-corrected chi connectivity index (χ3v) is 6.11. The maximum absolute atomic E-state index is 11.1. The van der Waals surface area contributed by atoms with Crippen molar-refractivity contribution in [1.82, 2.24) is 0 Å². The third kappa shape index (κ3) is 9.12. The Bertz CT molecular complexity index is 223. The number of rotatable bonds is 10. The van der Waals surface area contributed by atoms with Crippen molar-refractivity contribution in [3.8, 4) is 0 Å². The van der Waals surface area contributed by atoms with Crippen LogP contribution in [0.25, 0.3) is 0 Å². The van der Waals surface area contributed by atoms with Crippen LogP contribution in [-0.2, 0) is 14.3 Å². The number of hydrogen-bond donors (Lipinski definition) is 0. The average molecular weight is 258 g/mol. The Labute approximate surface area is 107 Å². The predicted octanol–water partition coefficient (Wildman–Crippen LogP) is 2.71. The zero-order chi connectivity index (χ0) is 13.1. The minimum absolute atomic E-state index is 0.274. The number of methoxy groups -OCH3 is 1. The van der Waals surface area contributed by atoms with E-state index in [2.05, 4.69) is 13.5 Å². The first-order chi connectivity index (χ1) is 8.11. The molecule has 1 unspecified atom stereocenters. The van der Waals surface area contributed by atoms with Gasteiger partial charge >= 0.3 is 5.97 Å². The Morgan fingerprint density at radius 3 is 2.53 bits per heavy atom. The topological polar surface area (TPSA) is 35.5 Å². The normalized spacial score (nSPS) is 12.2. The summed E-state index contributed by atoms with van der Waals surface area (Å²) in [5, 5.41) is 0. The molecule has 100 valence electrons. The fraction of sp³-hybridized carbons (Fsp3) is 0.769. The van der Waals surface area contributed by atoms with Crippen LogP contribution in [0.15, 0.2) is 12.2 Å². The lowest BCUT2D eigenvalue weighted by Crippen LogP contribution is -2.19. The Kier molecular flexibility index (Phi) is 10.2. The molecule has 0 bridgehead atoms. The summed E-state index contributed by atoms with van der Waals surface area (Å²) in [7, 11) is 1.08. The van der Waals surface area contributed by atoms with Crippen molar-refractivity contribution in [3.05, 3.63) is 12.2 Å². The molecule has 0 heterocycles. The molecule has 0 N–H and O–H groups in total. The molecule has 1 atom stereocenters. The first kappa shape index (κ1) is 16.4. The molecule has 0 aromatic rings. The van der Waals surface area contributed by atoms with Crippen LogP contribution >= 0.6 is 0 Å². The monoisotopic (exact) mass is 258 g/mol. The minimum Gasteiger partial charge on any atom is -0.462 e. The molecule has 0 aliphatic carbocycles. The highest BCUT2D eigenvalue weighted by Gasteiger charge is 2.09. The van der Waals surface area contributed by atoms with E-state index in [9.17, 15) is 4.79 Å². The van der Waals surface area contributed by atoms with Crippen molar-refractivity contribution in [2.45, 2.75) is 45.2 Å². The van der Waals surface area contributed by atoms with E-state index in [1.54, 1.807) is 14.0 Å². The van der Waals surface area contributed by atoms with Crippen LogP contribution in [0, 0.1) is 0 Å². The van der Waals surface area contributed by atoms with E-state index in [1.165, 1.54) is 18.5 Å². The summed E-state index contributed by atoms with van der Waals surface area (Å²) in [6.45, 7) is 7.96. The van der Waals surface area contributed by atoms with Crippen molar-refractivity contribution < 1.29 is 14.3 Å². The van der Waals surface area contributed by atoms with Gasteiger partial charge in [0, 0.05) is 18.9 Å². The van der Waals surface area contributed by atoms with E-state index in [0.717, 1.165) is 19.1 Å². The maximum Gasteiger partial charge on any atom is 0.333 e. The van der Waals surface area contributed by atoms with Crippen LogP contribution in [-0.4, -0.2) is 34.7 Å². The number of carbonyl (C=O) groups is 1. The second-order valence-electron chi connectivity index (χ2n) is 4.52. The molecule has 17 heavy (non-hydrogen) atoms. The standard InChI is InChI=1S/C13H26O3Si/c1-5-9-17(11-15-4)10-7-6-8-16-13(14)12(2)3/h17H,2,5-11H2,1,3-4H3. The van der Waals surface area contributed by atoms with Gasteiger partial charge < -0.3 is 9.47 Å². The lowest BCUT2D eigenvalue weighted by molar-refractivity contribution is -0.139. The van der Waals surface area contributed by atoms with Crippen LogP contribution in [0.2, 0.25) is 12.1 Å². The van der Waals surface area contributed by atoms with Gasteiger partial charge in [-0.3, -0.25) is 0 Å². The van der Waals surface area contributed by atoms with Gasteiger partial charge in [-0.2, -0.15) is 0 Å². The van der Waals surface area contributed by atoms with Gasteiger partial charge in [-0.25, -0.2) is 4.79 Å². The first-order valence-electron chi connectivity index (χ1n) is 6.43. The van der Waals surface area contributed by atoms with Gasteiger partial charge in [-0.15, -0.1) is 0 Å². The summed E-state index contributed by atoms with van der Waals surface area (Å²) in [6, 6.07) is 2.63. The molecule has 4 heteroatoms. The Hall–Kier alpha value is -0.613. The fourth-order valence-electron chi connectivity index (χ4n) is 1.78. The van der Waals surface area contributed by atoms with Crippen LogP contribution in [0.1, 0.15) is 33.1 Å². The van der Waals surface area contributed by atoms with E-state index in [-0.39, 0.29) is 5.97 Å². The second kappa shape index (κ2) is 10.5. The maximum atomic E-state index is 11.1. The third-order valence-electron chi connectivity index (χ3n) is 2.69. The molecule has 0 aromatic heterocycles. The van der Waals surface area contributed by atoms with Crippen molar-refractivity contribution in [1.29, 1.82) is 0 Å². The minimum atomic E-state index is -0.701.